The number of hydrogen-bond acceptors (Lipinski definition) is 4. The number of aryl methyl sites for hydroxylation is 2. The number of fused-ring (bicyclic) bond motifs is 1. The predicted molar refractivity (Wildman–Crippen MR) is 88.8 cm³/mol. The van der Waals surface area contributed by atoms with Crippen LogP contribution in [0.1, 0.15) is 34.0 Å². The van der Waals surface area contributed by atoms with E-state index in [2.05, 4.69) is 50.0 Å². The third-order valence-corrected chi connectivity index (χ3v) is 4.79. The molecule has 1 amide bonds. The number of aliphatic imine (C=N–C) groups is 1. The highest BCUT2D eigenvalue weighted by atomic mass is 32.1. The molecule has 0 atom stereocenters. The van der Waals surface area contributed by atoms with Gasteiger partial charge in [0.05, 0.1) is 5.69 Å². The lowest BCUT2D eigenvalue weighted by Crippen LogP contribution is -2.18. The molecule has 0 unspecified atom stereocenters. The number of thiophene rings is 1. The van der Waals surface area contributed by atoms with E-state index in [1.54, 1.807) is 11.3 Å². The summed E-state index contributed by atoms with van der Waals surface area (Å²) in [5.41, 5.74) is 2.78. The van der Waals surface area contributed by atoms with Gasteiger partial charge in [0.15, 0.2) is 5.69 Å². The van der Waals surface area contributed by atoms with Crippen LogP contribution in [0.5, 0.6) is 0 Å². The Morgan fingerprint density at radius 3 is 3.05 bits per heavy atom. The van der Waals surface area contributed by atoms with Gasteiger partial charge in [-0.15, -0.1) is 0 Å². The summed E-state index contributed by atoms with van der Waals surface area (Å²) in [7, 11) is 2.07. The van der Waals surface area contributed by atoms with Crippen LogP contribution in [-0.4, -0.2) is 40.7 Å². The molecule has 0 bridgehead atoms. The maximum Gasteiger partial charge on any atom is 0.296 e. The van der Waals surface area contributed by atoms with Crippen molar-refractivity contribution in [1.29, 1.82) is 0 Å². The molecule has 22 heavy (non-hydrogen) atoms. The molecule has 0 aliphatic carbocycles. The van der Waals surface area contributed by atoms with Crippen LogP contribution in [0, 0.1) is 0 Å². The summed E-state index contributed by atoms with van der Waals surface area (Å²) >= 11 is 1.71. The van der Waals surface area contributed by atoms with Crippen molar-refractivity contribution in [3.8, 4) is 0 Å². The van der Waals surface area contributed by atoms with Crippen LogP contribution in [0.25, 0.3) is 0 Å². The number of amides is 1. The lowest BCUT2D eigenvalue weighted by molar-refractivity contribution is 0.0997. The fourth-order valence-corrected chi connectivity index (χ4v) is 3.63. The van der Waals surface area contributed by atoms with Crippen LogP contribution in [0.15, 0.2) is 21.8 Å². The van der Waals surface area contributed by atoms with E-state index in [9.17, 15) is 4.79 Å². The van der Waals surface area contributed by atoms with Crippen molar-refractivity contribution in [2.75, 3.05) is 13.6 Å². The standard InChI is InChI=1S/C16H20N4OS/c1-17-16(21)15-13-10-19(2)7-3-8-20(13)14(18-15)5-4-12-6-9-22-11-12/h6,9,11H,1,3-5,7-8,10H2,2H3. The van der Waals surface area contributed by atoms with Crippen molar-refractivity contribution in [3.05, 3.63) is 39.6 Å². The maximum absolute atomic E-state index is 12.0. The van der Waals surface area contributed by atoms with E-state index in [0.29, 0.717) is 5.69 Å². The van der Waals surface area contributed by atoms with Gasteiger partial charge >= 0.3 is 0 Å². The molecular weight excluding hydrogens is 296 g/mol. The van der Waals surface area contributed by atoms with Crippen molar-refractivity contribution < 1.29 is 4.79 Å². The number of carbonyl (C=O) groups excluding carboxylic acids is 1. The molecule has 1 aliphatic heterocycles. The van der Waals surface area contributed by atoms with Gasteiger partial charge in [-0.3, -0.25) is 4.79 Å². The largest absolute Gasteiger partial charge is 0.330 e. The van der Waals surface area contributed by atoms with Gasteiger partial charge < -0.3 is 9.47 Å². The molecule has 1 aliphatic rings. The third-order valence-electron chi connectivity index (χ3n) is 4.06. The Hall–Kier alpha value is -1.79. The number of nitrogens with zero attached hydrogens (tertiary/aromatic N) is 4. The van der Waals surface area contributed by atoms with Gasteiger partial charge in [-0.1, -0.05) is 0 Å². The molecule has 3 rings (SSSR count). The topological polar surface area (TPSA) is 50.5 Å². The molecule has 5 nitrogen and oxygen atoms in total. The highest BCUT2D eigenvalue weighted by Gasteiger charge is 2.24. The van der Waals surface area contributed by atoms with Gasteiger partial charge in [0.2, 0.25) is 0 Å². The molecule has 0 saturated carbocycles. The first-order valence-electron chi connectivity index (χ1n) is 7.48. The van der Waals surface area contributed by atoms with E-state index in [1.807, 2.05) is 0 Å². The molecule has 0 radical (unpaired) electrons. The Labute approximate surface area is 134 Å². The van der Waals surface area contributed by atoms with Crippen molar-refractivity contribution in [2.24, 2.45) is 4.99 Å². The van der Waals surface area contributed by atoms with Gasteiger partial charge in [-0.2, -0.15) is 11.3 Å². The van der Waals surface area contributed by atoms with Crippen molar-refractivity contribution in [1.82, 2.24) is 14.5 Å². The van der Waals surface area contributed by atoms with Crippen LogP contribution >= 0.6 is 11.3 Å². The summed E-state index contributed by atoms with van der Waals surface area (Å²) in [5, 5.41) is 4.25. The molecule has 3 heterocycles. The Kier molecular flexibility index (Phi) is 4.49. The summed E-state index contributed by atoms with van der Waals surface area (Å²) in [6, 6.07) is 2.14. The summed E-state index contributed by atoms with van der Waals surface area (Å²) in [6.45, 7) is 6.04. The normalized spacial score (nSPS) is 15.3. The van der Waals surface area contributed by atoms with Crippen LogP contribution in [0.4, 0.5) is 0 Å². The average Bonchev–Trinajstić information content (AvgIpc) is 3.09. The SMILES string of the molecule is C=NC(=O)c1nc(CCc2ccsc2)n2c1CN(C)CCC2. The minimum Gasteiger partial charge on any atom is -0.330 e. The number of rotatable bonds is 4. The summed E-state index contributed by atoms with van der Waals surface area (Å²) in [6.07, 6.45) is 2.86. The predicted octanol–water partition coefficient (Wildman–Crippen LogP) is 2.41. The van der Waals surface area contributed by atoms with E-state index in [0.717, 1.165) is 50.4 Å². The van der Waals surface area contributed by atoms with Crippen molar-refractivity contribution in [2.45, 2.75) is 32.4 Å². The lowest BCUT2D eigenvalue weighted by Gasteiger charge is -2.12. The van der Waals surface area contributed by atoms with Gasteiger partial charge in [0.1, 0.15) is 5.82 Å². The number of aromatic nitrogens is 2. The van der Waals surface area contributed by atoms with E-state index in [1.165, 1.54) is 5.56 Å². The quantitative estimate of drug-likeness (QED) is 0.814. The first-order valence-corrected chi connectivity index (χ1v) is 8.42. The van der Waals surface area contributed by atoms with Crippen LogP contribution < -0.4 is 0 Å². The molecule has 0 N–H and O–H groups in total. The Balaban J connectivity index is 1.92. The third kappa shape index (κ3) is 3.03. The van der Waals surface area contributed by atoms with Gasteiger partial charge in [0, 0.05) is 19.5 Å². The Bertz CT molecular complexity index is 675. The fraction of sp³-hybridized carbons (Fsp3) is 0.438. The Morgan fingerprint density at radius 1 is 1.45 bits per heavy atom. The van der Waals surface area contributed by atoms with E-state index in [4.69, 9.17) is 0 Å². The molecule has 0 spiro atoms. The average molecular weight is 316 g/mol. The van der Waals surface area contributed by atoms with Crippen molar-refractivity contribution in [3.63, 3.8) is 0 Å². The lowest BCUT2D eigenvalue weighted by atomic mass is 10.2. The van der Waals surface area contributed by atoms with E-state index >= 15 is 0 Å². The smallest absolute Gasteiger partial charge is 0.296 e. The molecule has 6 heteroatoms. The second-order valence-corrected chi connectivity index (χ2v) is 6.44. The number of imidazole rings is 1. The first-order chi connectivity index (χ1) is 10.7. The molecule has 0 fully saturated rings. The summed E-state index contributed by atoms with van der Waals surface area (Å²) < 4.78 is 2.22. The molecule has 0 aromatic carbocycles. The molecule has 0 saturated heterocycles. The molecule has 116 valence electrons. The van der Waals surface area contributed by atoms with Crippen LogP contribution in [0.2, 0.25) is 0 Å². The molecular formula is C16H20N4OS. The van der Waals surface area contributed by atoms with E-state index in [-0.39, 0.29) is 5.91 Å². The van der Waals surface area contributed by atoms with Crippen LogP contribution in [-0.2, 0) is 25.9 Å². The zero-order valence-corrected chi connectivity index (χ0v) is 13.6. The zero-order valence-electron chi connectivity index (χ0n) is 12.8. The molecule has 2 aromatic heterocycles. The maximum atomic E-state index is 12.0. The summed E-state index contributed by atoms with van der Waals surface area (Å²) in [5.74, 6) is 0.671. The second kappa shape index (κ2) is 6.54. The highest BCUT2D eigenvalue weighted by Crippen LogP contribution is 2.21. The Morgan fingerprint density at radius 2 is 2.32 bits per heavy atom. The minimum atomic E-state index is -0.319. The van der Waals surface area contributed by atoms with Gasteiger partial charge in [-0.05, 0) is 55.5 Å². The number of hydrogen-bond donors (Lipinski definition) is 0. The monoisotopic (exact) mass is 316 g/mol. The van der Waals surface area contributed by atoms with Gasteiger partial charge in [-0.25, -0.2) is 9.98 Å². The highest BCUT2D eigenvalue weighted by molar-refractivity contribution is 7.07. The van der Waals surface area contributed by atoms with E-state index < -0.39 is 0 Å². The number of carbonyl (C=O) groups is 1. The first kappa shape index (κ1) is 15.1. The van der Waals surface area contributed by atoms with Crippen LogP contribution in [0.3, 0.4) is 0 Å². The minimum absolute atomic E-state index is 0.319. The second-order valence-electron chi connectivity index (χ2n) is 5.66. The summed E-state index contributed by atoms with van der Waals surface area (Å²) in [4.78, 5) is 22.4. The van der Waals surface area contributed by atoms with Crippen molar-refractivity contribution >= 4 is 24.0 Å². The zero-order chi connectivity index (χ0) is 15.5. The fourth-order valence-electron chi connectivity index (χ4n) is 2.92. The molecule has 2 aromatic rings. The van der Waals surface area contributed by atoms with Gasteiger partial charge in [0.25, 0.3) is 5.91 Å².